The summed E-state index contributed by atoms with van der Waals surface area (Å²) < 4.78 is 1.54. The van der Waals surface area contributed by atoms with Crippen LogP contribution in [0.15, 0.2) is 47.4 Å². The van der Waals surface area contributed by atoms with E-state index in [9.17, 15) is 15.0 Å². The van der Waals surface area contributed by atoms with Gasteiger partial charge in [0.15, 0.2) is 11.5 Å². The quantitative estimate of drug-likeness (QED) is 0.376. The molecule has 0 radical (unpaired) electrons. The molecular weight excluding hydrogens is 464 g/mol. The zero-order valence-corrected chi connectivity index (χ0v) is 20.2. The van der Waals surface area contributed by atoms with Crippen molar-refractivity contribution in [2.24, 2.45) is 18.2 Å². The highest BCUT2D eigenvalue weighted by atomic mass is 35.5. The number of aromatic nitrogens is 2. The third-order valence-corrected chi connectivity index (χ3v) is 7.77. The number of nitrogens with zero attached hydrogens (tertiary/aromatic N) is 3. The van der Waals surface area contributed by atoms with Crippen LogP contribution in [-0.2, 0) is 19.9 Å². The van der Waals surface area contributed by atoms with Gasteiger partial charge in [-0.2, -0.15) is 0 Å². The third kappa shape index (κ3) is 4.03. The van der Waals surface area contributed by atoms with Crippen molar-refractivity contribution >= 4 is 17.5 Å². The van der Waals surface area contributed by atoms with Gasteiger partial charge in [0.05, 0.1) is 11.2 Å². The minimum Gasteiger partial charge on any atom is -0.504 e. The van der Waals surface area contributed by atoms with Crippen LogP contribution in [0, 0.1) is 17.3 Å². The van der Waals surface area contributed by atoms with Gasteiger partial charge in [-0.05, 0) is 41.9 Å². The van der Waals surface area contributed by atoms with Gasteiger partial charge in [-0.3, -0.25) is 9.36 Å². The normalized spacial score (nSPS) is 18.3. The fourth-order valence-electron chi connectivity index (χ4n) is 5.35. The lowest BCUT2D eigenvalue weighted by atomic mass is 9.73. The molecule has 4 N–H and O–H groups in total. The van der Waals surface area contributed by atoms with E-state index in [1.807, 2.05) is 0 Å². The number of halogens is 1. The Balaban J connectivity index is 1.30. The maximum atomic E-state index is 13.0. The van der Waals surface area contributed by atoms with Crippen LogP contribution in [0.3, 0.4) is 0 Å². The molecular formula is C27H27ClN4O3. The maximum Gasteiger partial charge on any atom is 0.270 e. The number of phenols is 2. The number of hydrogen-bond donors (Lipinski definition) is 3. The lowest BCUT2D eigenvalue weighted by molar-refractivity contribution is 0.186. The minimum absolute atomic E-state index is 0.0391. The number of fused-ring (bicyclic) bond motifs is 1. The van der Waals surface area contributed by atoms with E-state index in [0.717, 1.165) is 32.4 Å². The smallest absolute Gasteiger partial charge is 0.270 e. The SMILES string of the molecule is Cn1c(N2CCC3(CC2)Cc2ccccc2[C@H]3N)ncc(C#CCc2ccc(Cl)c(O)c2O)c1=O. The Hall–Kier alpha value is -3.47. The van der Waals surface area contributed by atoms with E-state index in [1.54, 1.807) is 13.1 Å². The zero-order chi connectivity index (χ0) is 24.7. The van der Waals surface area contributed by atoms with Crippen LogP contribution in [-0.4, -0.2) is 32.9 Å². The number of rotatable bonds is 2. The van der Waals surface area contributed by atoms with Crippen LogP contribution < -0.4 is 16.2 Å². The van der Waals surface area contributed by atoms with Crippen LogP contribution in [0.1, 0.15) is 41.1 Å². The van der Waals surface area contributed by atoms with E-state index < -0.39 is 0 Å². The summed E-state index contributed by atoms with van der Waals surface area (Å²) in [5, 5.41) is 19.8. The van der Waals surface area contributed by atoms with E-state index in [0.29, 0.717) is 11.5 Å². The van der Waals surface area contributed by atoms with Crippen molar-refractivity contribution in [3.05, 3.63) is 80.2 Å². The average molecular weight is 491 g/mol. The van der Waals surface area contributed by atoms with Gasteiger partial charge in [-0.15, -0.1) is 0 Å². The van der Waals surface area contributed by atoms with Crippen LogP contribution in [0.25, 0.3) is 0 Å². The number of phenolic OH excluding ortho intramolecular Hbond substituents is 2. The Morgan fingerprint density at radius 2 is 1.91 bits per heavy atom. The second kappa shape index (κ2) is 8.95. The number of nitrogens with two attached hydrogens (primary N) is 1. The van der Waals surface area contributed by atoms with E-state index in [2.05, 4.69) is 46.0 Å². The van der Waals surface area contributed by atoms with Crippen molar-refractivity contribution in [3.63, 3.8) is 0 Å². The topological polar surface area (TPSA) is 105 Å². The Morgan fingerprint density at radius 3 is 2.66 bits per heavy atom. The Labute approximate surface area is 208 Å². The van der Waals surface area contributed by atoms with E-state index in [-0.39, 0.29) is 45.5 Å². The zero-order valence-electron chi connectivity index (χ0n) is 19.5. The number of hydrogen-bond acceptors (Lipinski definition) is 6. The minimum atomic E-state index is -0.376. The van der Waals surface area contributed by atoms with Crippen molar-refractivity contribution in [2.45, 2.75) is 31.7 Å². The summed E-state index contributed by atoms with van der Waals surface area (Å²) in [5.74, 6) is 5.66. The van der Waals surface area contributed by atoms with Crippen LogP contribution in [0.5, 0.6) is 11.5 Å². The molecule has 1 aromatic heterocycles. The van der Waals surface area contributed by atoms with Gasteiger partial charge in [-0.1, -0.05) is 53.8 Å². The lowest BCUT2D eigenvalue weighted by Gasteiger charge is -2.42. The van der Waals surface area contributed by atoms with Crippen LogP contribution >= 0.6 is 11.6 Å². The summed E-state index contributed by atoms with van der Waals surface area (Å²) in [4.78, 5) is 19.7. The molecule has 1 spiro atoms. The molecule has 1 saturated heterocycles. The largest absolute Gasteiger partial charge is 0.504 e. The predicted molar refractivity (Wildman–Crippen MR) is 136 cm³/mol. The first-order valence-corrected chi connectivity index (χ1v) is 12.0. The van der Waals surface area contributed by atoms with Crippen molar-refractivity contribution in [1.82, 2.24) is 9.55 Å². The molecule has 2 aliphatic rings. The second-order valence-electron chi connectivity index (χ2n) is 9.42. The van der Waals surface area contributed by atoms with Gasteiger partial charge in [0.1, 0.15) is 5.56 Å². The average Bonchev–Trinajstić information content (AvgIpc) is 3.13. The maximum absolute atomic E-state index is 13.0. The highest BCUT2D eigenvalue weighted by Crippen LogP contribution is 2.50. The van der Waals surface area contributed by atoms with Crippen molar-refractivity contribution in [2.75, 3.05) is 18.0 Å². The molecule has 35 heavy (non-hydrogen) atoms. The standard InChI is InChI=1S/C27H27ClN4O3/c1-31-25(35)19(7-4-6-17-9-10-21(28)23(34)22(17)33)16-30-26(31)32-13-11-27(12-14-32)15-18-5-2-3-8-20(18)24(27)29/h2-3,5,8-10,16,24,33-34H,6,11-15,29H2,1H3/t24-/m1/s1. The molecule has 0 amide bonds. The summed E-state index contributed by atoms with van der Waals surface area (Å²) in [6.07, 6.45) is 4.54. The molecule has 180 valence electrons. The molecule has 1 atom stereocenters. The number of benzene rings is 2. The molecule has 0 bridgehead atoms. The fraction of sp³-hybridized carbons (Fsp3) is 0.333. The van der Waals surface area contributed by atoms with Gasteiger partial charge in [0.2, 0.25) is 5.95 Å². The van der Waals surface area contributed by atoms with Gasteiger partial charge in [0.25, 0.3) is 5.56 Å². The van der Waals surface area contributed by atoms with E-state index in [4.69, 9.17) is 17.3 Å². The summed E-state index contributed by atoms with van der Waals surface area (Å²) in [6.45, 7) is 1.57. The van der Waals surface area contributed by atoms with Crippen molar-refractivity contribution in [1.29, 1.82) is 0 Å². The first kappa shape index (κ1) is 23.3. The van der Waals surface area contributed by atoms with Gasteiger partial charge < -0.3 is 20.8 Å². The first-order valence-electron chi connectivity index (χ1n) is 11.6. The third-order valence-electron chi connectivity index (χ3n) is 7.47. The number of piperidine rings is 1. The highest BCUT2D eigenvalue weighted by molar-refractivity contribution is 6.32. The Morgan fingerprint density at radius 1 is 1.17 bits per heavy atom. The monoisotopic (exact) mass is 490 g/mol. The molecule has 1 aliphatic carbocycles. The number of anilines is 1. The second-order valence-corrected chi connectivity index (χ2v) is 9.83. The fourth-order valence-corrected chi connectivity index (χ4v) is 5.50. The van der Waals surface area contributed by atoms with Gasteiger partial charge in [0, 0.05) is 38.2 Å². The molecule has 1 fully saturated rings. The first-order chi connectivity index (χ1) is 16.8. The van der Waals surface area contributed by atoms with Crippen LogP contribution in [0.2, 0.25) is 5.02 Å². The Bertz CT molecular complexity index is 1410. The molecule has 3 aromatic rings. The van der Waals surface area contributed by atoms with Crippen molar-refractivity contribution < 1.29 is 10.2 Å². The molecule has 1 aliphatic heterocycles. The molecule has 0 saturated carbocycles. The van der Waals surface area contributed by atoms with Gasteiger partial charge in [-0.25, -0.2) is 4.98 Å². The Kier molecular flexibility index (Phi) is 5.96. The lowest BCUT2D eigenvalue weighted by Crippen LogP contribution is -2.46. The summed E-state index contributed by atoms with van der Waals surface area (Å²) >= 11 is 5.79. The summed E-state index contributed by atoms with van der Waals surface area (Å²) in [5.41, 5.74) is 9.83. The van der Waals surface area contributed by atoms with E-state index in [1.165, 1.54) is 28.0 Å². The van der Waals surface area contributed by atoms with E-state index >= 15 is 0 Å². The van der Waals surface area contributed by atoms with Crippen molar-refractivity contribution in [3.8, 4) is 23.3 Å². The molecule has 8 heteroatoms. The van der Waals surface area contributed by atoms with Gasteiger partial charge >= 0.3 is 0 Å². The summed E-state index contributed by atoms with van der Waals surface area (Å²) in [6, 6.07) is 11.6. The highest BCUT2D eigenvalue weighted by Gasteiger charge is 2.46. The van der Waals surface area contributed by atoms with Crippen LogP contribution in [0.4, 0.5) is 5.95 Å². The molecule has 2 heterocycles. The number of aromatic hydroxyl groups is 2. The predicted octanol–water partition coefficient (Wildman–Crippen LogP) is 3.28. The molecule has 2 aromatic carbocycles. The molecule has 0 unspecified atom stereocenters. The summed E-state index contributed by atoms with van der Waals surface area (Å²) in [7, 11) is 1.71. The molecule has 5 rings (SSSR count). The molecule has 7 nitrogen and oxygen atoms in total.